The summed E-state index contributed by atoms with van der Waals surface area (Å²) in [6.45, 7) is 8.07. The molecular formula is C14H29NO2. The molecule has 0 spiro atoms. The van der Waals surface area contributed by atoms with Crippen molar-refractivity contribution >= 4 is 0 Å². The molecule has 0 bridgehead atoms. The summed E-state index contributed by atoms with van der Waals surface area (Å²) in [6, 6.07) is 0. The lowest BCUT2D eigenvalue weighted by molar-refractivity contribution is -0.0148. The Morgan fingerprint density at radius 3 is 2.71 bits per heavy atom. The van der Waals surface area contributed by atoms with Gasteiger partial charge in [-0.3, -0.25) is 0 Å². The molecule has 0 saturated carbocycles. The monoisotopic (exact) mass is 243 g/mol. The lowest BCUT2D eigenvalue weighted by Gasteiger charge is -2.14. The van der Waals surface area contributed by atoms with Crippen LogP contribution in [0.4, 0.5) is 0 Å². The first-order chi connectivity index (χ1) is 8.36. The van der Waals surface area contributed by atoms with Crippen LogP contribution in [0.15, 0.2) is 0 Å². The molecule has 1 N–H and O–H groups in total. The number of hydrogen-bond acceptors (Lipinski definition) is 3. The van der Waals surface area contributed by atoms with Gasteiger partial charge in [-0.25, -0.2) is 0 Å². The van der Waals surface area contributed by atoms with Gasteiger partial charge in [-0.1, -0.05) is 33.1 Å². The topological polar surface area (TPSA) is 30.5 Å². The minimum atomic E-state index is 0.338. The van der Waals surface area contributed by atoms with Crippen molar-refractivity contribution < 1.29 is 9.47 Å². The van der Waals surface area contributed by atoms with Gasteiger partial charge in [0, 0.05) is 13.2 Å². The molecule has 1 aliphatic rings. The molecular weight excluding hydrogens is 214 g/mol. The fraction of sp³-hybridized carbons (Fsp3) is 1.00. The lowest BCUT2D eigenvalue weighted by Crippen LogP contribution is -2.27. The van der Waals surface area contributed by atoms with E-state index in [1.807, 2.05) is 0 Å². The molecule has 3 nitrogen and oxygen atoms in total. The Morgan fingerprint density at radius 1 is 1.12 bits per heavy atom. The first kappa shape index (κ1) is 14.9. The van der Waals surface area contributed by atoms with Gasteiger partial charge in [-0.15, -0.1) is 0 Å². The Hall–Kier alpha value is -0.120. The molecule has 3 heteroatoms. The van der Waals surface area contributed by atoms with E-state index in [1.165, 1.54) is 32.1 Å². The molecule has 0 aliphatic carbocycles. The number of likely N-dealkylation sites (N-methyl/N-ethyl adjacent to an activating group) is 1. The molecule has 1 heterocycles. The standard InChI is InChI=1S/C14H29NO2/c1-3-5-6-7-10-16-12-14-9-8-13(17-14)11-15-4-2/h13-15H,3-12H2,1-2H3. The van der Waals surface area contributed by atoms with E-state index in [0.29, 0.717) is 12.2 Å². The second-order valence-corrected chi connectivity index (χ2v) is 4.90. The van der Waals surface area contributed by atoms with E-state index in [-0.39, 0.29) is 0 Å². The number of hydrogen-bond donors (Lipinski definition) is 1. The van der Waals surface area contributed by atoms with E-state index in [0.717, 1.165) is 32.7 Å². The van der Waals surface area contributed by atoms with Crippen LogP contribution in [0.1, 0.15) is 52.4 Å². The van der Waals surface area contributed by atoms with E-state index in [4.69, 9.17) is 9.47 Å². The SMILES string of the molecule is CCCCCCOCC1CCC(CNCC)O1. The summed E-state index contributed by atoms with van der Waals surface area (Å²) >= 11 is 0. The normalized spacial score (nSPS) is 24.4. The number of rotatable bonds is 10. The van der Waals surface area contributed by atoms with Crippen LogP contribution in [-0.2, 0) is 9.47 Å². The average Bonchev–Trinajstić information content (AvgIpc) is 2.79. The van der Waals surface area contributed by atoms with Crippen LogP contribution >= 0.6 is 0 Å². The smallest absolute Gasteiger partial charge is 0.0813 e. The van der Waals surface area contributed by atoms with E-state index in [1.54, 1.807) is 0 Å². The number of unbranched alkanes of at least 4 members (excludes halogenated alkanes) is 3. The summed E-state index contributed by atoms with van der Waals surface area (Å²) in [7, 11) is 0. The molecule has 0 radical (unpaired) electrons. The molecule has 102 valence electrons. The maximum atomic E-state index is 5.90. The largest absolute Gasteiger partial charge is 0.379 e. The van der Waals surface area contributed by atoms with Gasteiger partial charge < -0.3 is 14.8 Å². The summed E-state index contributed by atoms with van der Waals surface area (Å²) in [4.78, 5) is 0. The van der Waals surface area contributed by atoms with Crippen molar-refractivity contribution in [2.24, 2.45) is 0 Å². The van der Waals surface area contributed by atoms with Crippen molar-refractivity contribution in [3.8, 4) is 0 Å². The Balaban J connectivity index is 1.91. The molecule has 0 aromatic carbocycles. The van der Waals surface area contributed by atoms with Crippen LogP contribution in [0, 0.1) is 0 Å². The highest BCUT2D eigenvalue weighted by Gasteiger charge is 2.24. The van der Waals surface area contributed by atoms with Crippen molar-refractivity contribution in [3.05, 3.63) is 0 Å². The minimum absolute atomic E-state index is 0.338. The highest BCUT2D eigenvalue weighted by molar-refractivity contribution is 4.74. The maximum absolute atomic E-state index is 5.90. The molecule has 0 aromatic heterocycles. The van der Waals surface area contributed by atoms with Gasteiger partial charge in [-0.2, -0.15) is 0 Å². The Bertz CT molecular complexity index is 176. The first-order valence-corrected chi connectivity index (χ1v) is 7.30. The van der Waals surface area contributed by atoms with Crippen molar-refractivity contribution in [1.29, 1.82) is 0 Å². The van der Waals surface area contributed by atoms with Crippen molar-refractivity contribution in [1.82, 2.24) is 5.32 Å². The van der Waals surface area contributed by atoms with Gasteiger partial charge >= 0.3 is 0 Å². The van der Waals surface area contributed by atoms with Crippen LogP contribution in [0.2, 0.25) is 0 Å². The van der Waals surface area contributed by atoms with Gasteiger partial charge in [0.2, 0.25) is 0 Å². The zero-order valence-corrected chi connectivity index (χ0v) is 11.5. The summed E-state index contributed by atoms with van der Waals surface area (Å²) in [5.41, 5.74) is 0. The van der Waals surface area contributed by atoms with Gasteiger partial charge in [0.25, 0.3) is 0 Å². The predicted octanol–water partition coefficient (Wildman–Crippen LogP) is 2.74. The third kappa shape index (κ3) is 7.02. The van der Waals surface area contributed by atoms with Crippen molar-refractivity contribution in [2.45, 2.75) is 64.6 Å². The fourth-order valence-electron chi connectivity index (χ4n) is 2.20. The van der Waals surface area contributed by atoms with E-state index in [9.17, 15) is 0 Å². The summed E-state index contributed by atoms with van der Waals surface area (Å²) in [5, 5.41) is 3.34. The minimum Gasteiger partial charge on any atom is -0.379 e. The molecule has 0 amide bonds. The van der Waals surface area contributed by atoms with Crippen molar-refractivity contribution in [2.75, 3.05) is 26.3 Å². The van der Waals surface area contributed by atoms with Gasteiger partial charge in [0.05, 0.1) is 18.8 Å². The zero-order valence-electron chi connectivity index (χ0n) is 11.5. The third-order valence-corrected chi connectivity index (χ3v) is 3.26. The third-order valence-electron chi connectivity index (χ3n) is 3.26. The predicted molar refractivity (Wildman–Crippen MR) is 71.4 cm³/mol. The van der Waals surface area contributed by atoms with Crippen LogP contribution < -0.4 is 5.32 Å². The maximum Gasteiger partial charge on any atom is 0.0813 e. The Labute approximate surface area is 106 Å². The average molecular weight is 243 g/mol. The molecule has 1 rings (SSSR count). The highest BCUT2D eigenvalue weighted by atomic mass is 16.5. The van der Waals surface area contributed by atoms with Crippen LogP contribution in [-0.4, -0.2) is 38.5 Å². The van der Waals surface area contributed by atoms with Crippen molar-refractivity contribution in [3.63, 3.8) is 0 Å². The second kappa shape index (κ2) is 9.86. The second-order valence-electron chi connectivity index (χ2n) is 4.90. The van der Waals surface area contributed by atoms with Crippen LogP contribution in [0.25, 0.3) is 0 Å². The van der Waals surface area contributed by atoms with Gasteiger partial charge in [-0.05, 0) is 25.8 Å². The Morgan fingerprint density at radius 2 is 1.94 bits per heavy atom. The molecule has 1 saturated heterocycles. The molecule has 2 unspecified atom stereocenters. The van der Waals surface area contributed by atoms with E-state index >= 15 is 0 Å². The number of nitrogens with one attached hydrogen (secondary N) is 1. The van der Waals surface area contributed by atoms with E-state index in [2.05, 4.69) is 19.2 Å². The van der Waals surface area contributed by atoms with E-state index < -0.39 is 0 Å². The highest BCUT2D eigenvalue weighted by Crippen LogP contribution is 2.19. The molecule has 17 heavy (non-hydrogen) atoms. The summed E-state index contributed by atoms with van der Waals surface area (Å²) in [5.74, 6) is 0. The molecule has 1 aliphatic heterocycles. The lowest BCUT2D eigenvalue weighted by atomic mass is 10.2. The fourth-order valence-corrected chi connectivity index (χ4v) is 2.20. The van der Waals surface area contributed by atoms with Gasteiger partial charge in [0.1, 0.15) is 0 Å². The molecule has 1 fully saturated rings. The zero-order chi connectivity index (χ0) is 12.3. The summed E-state index contributed by atoms with van der Waals surface area (Å²) < 4.78 is 11.6. The Kier molecular flexibility index (Phi) is 8.67. The van der Waals surface area contributed by atoms with Crippen LogP contribution in [0.3, 0.4) is 0 Å². The molecule has 0 aromatic rings. The summed E-state index contributed by atoms with van der Waals surface area (Å²) in [6.07, 6.45) is 8.19. The van der Waals surface area contributed by atoms with Gasteiger partial charge in [0.15, 0.2) is 0 Å². The molecule has 2 atom stereocenters. The quantitative estimate of drug-likeness (QED) is 0.598. The number of ether oxygens (including phenoxy) is 2. The first-order valence-electron chi connectivity index (χ1n) is 7.30. The van der Waals surface area contributed by atoms with Crippen LogP contribution in [0.5, 0.6) is 0 Å².